The molecular formula is C32H33N3O. The summed E-state index contributed by atoms with van der Waals surface area (Å²) < 4.78 is 6.41. The van der Waals surface area contributed by atoms with Crippen molar-refractivity contribution in [2.75, 3.05) is 38.6 Å². The molecule has 0 bridgehead atoms. The fourth-order valence-corrected chi connectivity index (χ4v) is 4.89. The molecule has 1 aliphatic carbocycles. The number of rotatable bonds is 8. The van der Waals surface area contributed by atoms with Gasteiger partial charge in [0.25, 0.3) is 0 Å². The first kappa shape index (κ1) is 23.8. The van der Waals surface area contributed by atoms with Crippen LogP contribution in [0.15, 0.2) is 95.4 Å². The van der Waals surface area contributed by atoms with Gasteiger partial charge in [-0.15, -0.1) is 0 Å². The Kier molecular flexibility index (Phi) is 6.88. The van der Waals surface area contributed by atoms with Crippen LogP contribution in [-0.2, 0) is 0 Å². The van der Waals surface area contributed by atoms with Gasteiger partial charge in [-0.2, -0.15) is 0 Å². The van der Waals surface area contributed by atoms with Crippen LogP contribution in [0.5, 0.6) is 0 Å². The van der Waals surface area contributed by atoms with E-state index in [2.05, 4.69) is 97.5 Å². The fraction of sp³-hybridized carbons (Fsp3) is 0.219. The van der Waals surface area contributed by atoms with E-state index in [1.165, 1.54) is 16.8 Å². The van der Waals surface area contributed by atoms with Crippen LogP contribution < -0.4 is 10.3 Å². The van der Waals surface area contributed by atoms with Crippen molar-refractivity contribution in [3.63, 3.8) is 0 Å². The number of benzene rings is 4. The number of nitrogens with zero attached hydrogens (tertiary/aromatic N) is 2. The maximum absolute atomic E-state index is 8.16. The van der Waals surface area contributed by atoms with E-state index in [1.807, 2.05) is 24.3 Å². The molecule has 0 aromatic heterocycles. The van der Waals surface area contributed by atoms with Crippen LogP contribution in [0.4, 0.5) is 5.69 Å². The molecule has 36 heavy (non-hydrogen) atoms. The van der Waals surface area contributed by atoms with Gasteiger partial charge in [0, 0.05) is 47.4 Å². The third kappa shape index (κ3) is 4.91. The highest BCUT2D eigenvalue weighted by Gasteiger charge is 2.18. The number of hydrogen-bond donors (Lipinski definition) is 1. The Balaban J connectivity index is 1.61. The predicted octanol–water partition coefficient (Wildman–Crippen LogP) is 7.13. The van der Waals surface area contributed by atoms with Crippen molar-refractivity contribution >= 4 is 16.7 Å². The van der Waals surface area contributed by atoms with Gasteiger partial charge in [-0.25, -0.2) is 0 Å². The van der Waals surface area contributed by atoms with E-state index in [-0.39, 0.29) is 0 Å². The molecule has 1 heterocycles. The van der Waals surface area contributed by atoms with Crippen LogP contribution in [-0.4, -0.2) is 38.6 Å². The van der Waals surface area contributed by atoms with Crippen LogP contribution >= 0.6 is 0 Å². The normalized spacial score (nSPS) is 11.4. The highest BCUT2D eigenvalue weighted by molar-refractivity contribution is 6.02. The number of fused-ring (bicyclic) bond motifs is 2. The van der Waals surface area contributed by atoms with Crippen molar-refractivity contribution in [1.29, 1.82) is 5.41 Å². The second-order valence-corrected chi connectivity index (χ2v) is 9.55. The molecule has 182 valence electrons. The summed E-state index contributed by atoms with van der Waals surface area (Å²) in [6.07, 6.45) is 1.11. The minimum atomic E-state index is 0.450. The molecule has 5 rings (SSSR count). The van der Waals surface area contributed by atoms with Crippen molar-refractivity contribution in [2.45, 2.75) is 13.3 Å². The highest BCUT2D eigenvalue weighted by atomic mass is 16.3. The van der Waals surface area contributed by atoms with Crippen LogP contribution in [0.3, 0.4) is 0 Å². The molecule has 0 fully saturated rings. The van der Waals surface area contributed by atoms with Gasteiger partial charge in [0.2, 0.25) is 0 Å². The molecule has 4 heteroatoms. The van der Waals surface area contributed by atoms with Crippen molar-refractivity contribution in [3.05, 3.63) is 96.4 Å². The Morgan fingerprint density at radius 1 is 0.750 bits per heavy atom. The van der Waals surface area contributed by atoms with Crippen molar-refractivity contribution in [3.8, 4) is 33.6 Å². The molecule has 3 aromatic carbocycles. The monoisotopic (exact) mass is 475 g/mol. The Bertz CT molecular complexity index is 1490. The van der Waals surface area contributed by atoms with E-state index in [0.717, 1.165) is 59.5 Å². The molecule has 4 nitrogen and oxygen atoms in total. The van der Waals surface area contributed by atoms with Gasteiger partial charge in [0.05, 0.1) is 5.36 Å². The van der Waals surface area contributed by atoms with Gasteiger partial charge in [0.1, 0.15) is 11.3 Å². The second-order valence-electron chi connectivity index (χ2n) is 9.55. The number of hydrogen-bond acceptors (Lipinski definition) is 4. The van der Waals surface area contributed by atoms with Crippen molar-refractivity contribution in [2.24, 2.45) is 0 Å². The molecule has 0 atom stereocenters. The fourth-order valence-electron chi connectivity index (χ4n) is 4.89. The predicted molar refractivity (Wildman–Crippen MR) is 151 cm³/mol. The second kappa shape index (κ2) is 10.4. The molecule has 2 aliphatic rings. The standard InChI is InChI=1S/C32H33N3O/c1-4-35(20-8-19-34(2)3)27-16-18-29-31(22-27)36-30-21-26(33)15-17-28(30)32(29)25-13-11-24(12-14-25)23-9-6-5-7-10-23/h5-7,9-18,21-22,33H,4,8,19-20H2,1-3H3. The summed E-state index contributed by atoms with van der Waals surface area (Å²) in [6, 6.07) is 31.4. The summed E-state index contributed by atoms with van der Waals surface area (Å²) in [5.74, 6) is 0.741. The van der Waals surface area contributed by atoms with Crippen LogP contribution in [0.25, 0.3) is 44.5 Å². The zero-order valence-corrected chi connectivity index (χ0v) is 21.3. The molecule has 0 radical (unpaired) electrons. The lowest BCUT2D eigenvalue weighted by Crippen LogP contribution is -2.26. The highest BCUT2D eigenvalue weighted by Crippen LogP contribution is 2.41. The van der Waals surface area contributed by atoms with E-state index in [9.17, 15) is 0 Å². The van der Waals surface area contributed by atoms with E-state index in [0.29, 0.717) is 5.36 Å². The first-order valence-electron chi connectivity index (χ1n) is 12.6. The van der Waals surface area contributed by atoms with E-state index in [4.69, 9.17) is 9.83 Å². The first-order chi connectivity index (χ1) is 17.5. The Morgan fingerprint density at radius 2 is 1.47 bits per heavy atom. The van der Waals surface area contributed by atoms with Gasteiger partial charge < -0.3 is 19.6 Å². The third-order valence-electron chi connectivity index (χ3n) is 6.77. The van der Waals surface area contributed by atoms with Crippen LogP contribution in [0, 0.1) is 5.41 Å². The zero-order chi connectivity index (χ0) is 25.1. The molecule has 1 N–H and O–H groups in total. The molecule has 0 spiro atoms. The minimum absolute atomic E-state index is 0.450. The summed E-state index contributed by atoms with van der Waals surface area (Å²) in [5.41, 5.74) is 7.73. The van der Waals surface area contributed by atoms with Gasteiger partial charge in [-0.1, -0.05) is 54.6 Å². The topological polar surface area (TPSA) is 43.5 Å². The lowest BCUT2D eigenvalue weighted by Gasteiger charge is -2.25. The van der Waals surface area contributed by atoms with Gasteiger partial charge in [-0.3, -0.25) is 0 Å². The van der Waals surface area contributed by atoms with Crippen molar-refractivity contribution < 1.29 is 4.42 Å². The Morgan fingerprint density at radius 3 is 2.19 bits per heavy atom. The minimum Gasteiger partial charge on any atom is -0.456 e. The average Bonchev–Trinajstić information content (AvgIpc) is 2.90. The number of nitrogens with one attached hydrogen (secondary N) is 1. The number of anilines is 1. The molecule has 0 unspecified atom stereocenters. The maximum atomic E-state index is 8.16. The van der Waals surface area contributed by atoms with E-state index in [1.54, 1.807) is 0 Å². The summed E-state index contributed by atoms with van der Waals surface area (Å²) in [5, 5.41) is 9.70. The lowest BCUT2D eigenvalue weighted by molar-refractivity contribution is 0.400. The SMILES string of the molecule is CCN(CCCN(C)C)c1ccc2c(-c3ccc(-c4ccccc4)cc3)c3ccc(=N)cc-3oc2c1. The van der Waals surface area contributed by atoms with Crippen LogP contribution in [0.2, 0.25) is 0 Å². The molecule has 0 saturated heterocycles. The van der Waals surface area contributed by atoms with Gasteiger partial charge in [-0.05, 0) is 74.9 Å². The van der Waals surface area contributed by atoms with E-state index < -0.39 is 0 Å². The van der Waals surface area contributed by atoms with Gasteiger partial charge >= 0.3 is 0 Å². The summed E-state index contributed by atoms with van der Waals surface area (Å²) in [7, 11) is 4.23. The molecule has 0 saturated carbocycles. The quantitative estimate of drug-likeness (QED) is 0.243. The maximum Gasteiger partial charge on any atom is 0.137 e. The smallest absolute Gasteiger partial charge is 0.137 e. The summed E-state index contributed by atoms with van der Waals surface area (Å²) in [4.78, 5) is 4.63. The first-order valence-corrected chi connectivity index (χ1v) is 12.6. The third-order valence-corrected chi connectivity index (χ3v) is 6.77. The lowest BCUT2D eigenvalue weighted by atomic mass is 9.92. The Labute approximate surface area is 213 Å². The Hall–Kier alpha value is -3.89. The molecule has 3 aromatic rings. The average molecular weight is 476 g/mol. The largest absolute Gasteiger partial charge is 0.456 e. The summed E-state index contributed by atoms with van der Waals surface area (Å²) in [6.45, 7) is 5.20. The molecule has 0 amide bonds. The molecule has 1 aliphatic heterocycles. The zero-order valence-electron chi connectivity index (χ0n) is 21.3. The summed E-state index contributed by atoms with van der Waals surface area (Å²) >= 11 is 0. The molecular weight excluding hydrogens is 442 g/mol. The van der Waals surface area contributed by atoms with Gasteiger partial charge in [0.15, 0.2) is 0 Å². The van der Waals surface area contributed by atoms with Crippen LogP contribution in [0.1, 0.15) is 13.3 Å². The van der Waals surface area contributed by atoms with E-state index >= 15 is 0 Å². The van der Waals surface area contributed by atoms with Crippen molar-refractivity contribution in [1.82, 2.24) is 4.90 Å².